The molecule has 86 valence electrons. The molecule has 1 nitrogen and oxygen atoms in total. The molecule has 0 radical (unpaired) electrons. The molecule has 0 heterocycles. The van der Waals surface area contributed by atoms with Gasteiger partial charge in [0.1, 0.15) is 5.78 Å². The van der Waals surface area contributed by atoms with Crippen LogP contribution in [0.5, 0.6) is 0 Å². The summed E-state index contributed by atoms with van der Waals surface area (Å²) in [5.41, 5.74) is 4.04. The molecular weight excluding hydrogens is 196 g/mol. The smallest absolute Gasteiger partial charge is 0.133 e. The van der Waals surface area contributed by atoms with Crippen LogP contribution in [0.4, 0.5) is 0 Å². The third-order valence-electron chi connectivity index (χ3n) is 3.61. The van der Waals surface area contributed by atoms with Crippen LogP contribution in [-0.4, -0.2) is 5.78 Å². The molecule has 1 aromatic rings. The number of carbonyl (C=O) groups is 1. The van der Waals surface area contributed by atoms with Gasteiger partial charge in [0.25, 0.3) is 0 Å². The molecule has 1 aliphatic rings. The van der Waals surface area contributed by atoms with Gasteiger partial charge < -0.3 is 0 Å². The van der Waals surface area contributed by atoms with Gasteiger partial charge in [-0.3, -0.25) is 4.79 Å². The quantitative estimate of drug-likeness (QED) is 0.650. The van der Waals surface area contributed by atoms with Gasteiger partial charge in [0, 0.05) is 12.8 Å². The molecular formula is C15H20O. The lowest BCUT2D eigenvalue weighted by molar-refractivity contribution is -0.119. The Bertz CT molecular complexity index is 392. The van der Waals surface area contributed by atoms with Crippen molar-refractivity contribution >= 4 is 5.78 Å². The van der Waals surface area contributed by atoms with E-state index < -0.39 is 0 Å². The standard InChI is InChI=1S/C15H20O/c1-11-7-8-12(2)15(9-11)13-5-3-4-6-14(16)10-13/h7-9,13H,3-6,10H2,1-2H3. The van der Waals surface area contributed by atoms with Crippen LogP contribution < -0.4 is 0 Å². The summed E-state index contributed by atoms with van der Waals surface area (Å²) in [5.74, 6) is 0.915. The van der Waals surface area contributed by atoms with E-state index in [0.717, 1.165) is 19.3 Å². The summed E-state index contributed by atoms with van der Waals surface area (Å²) >= 11 is 0. The Morgan fingerprint density at radius 3 is 2.81 bits per heavy atom. The largest absolute Gasteiger partial charge is 0.300 e. The molecule has 16 heavy (non-hydrogen) atoms. The van der Waals surface area contributed by atoms with Gasteiger partial charge in [0.05, 0.1) is 0 Å². The minimum absolute atomic E-state index is 0.448. The lowest BCUT2D eigenvalue weighted by Gasteiger charge is -2.17. The second kappa shape index (κ2) is 4.82. The Morgan fingerprint density at radius 2 is 2.00 bits per heavy atom. The van der Waals surface area contributed by atoms with Crippen LogP contribution in [0.25, 0.3) is 0 Å². The van der Waals surface area contributed by atoms with Crippen LogP contribution in [-0.2, 0) is 4.79 Å². The first-order valence-corrected chi connectivity index (χ1v) is 6.25. The average molecular weight is 216 g/mol. The third kappa shape index (κ3) is 2.52. The predicted octanol–water partition coefficient (Wildman–Crippen LogP) is 3.92. The third-order valence-corrected chi connectivity index (χ3v) is 3.61. The van der Waals surface area contributed by atoms with Gasteiger partial charge in [-0.2, -0.15) is 0 Å². The lowest BCUT2D eigenvalue weighted by atomic mass is 9.87. The molecule has 1 unspecified atom stereocenters. The fraction of sp³-hybridized carbons (Fsp3) is 0.533. The highest BCUT2D eigenvalue weighted by atomic mass is 16.1. The van der Waals surface area contributed by atoms with E-state index in [2.05, 4.69) is 32.0 Å². The Hall–Kier alpha value is -1.11. The van der Waals surface area contributed by atoms with Crippen LogP contribution in [0, 0.1) is 13.8 Å². The van der Waals surface area contributed by atoms with E-state index in [9.17, 15) is 4.79 Å². The molecule has 0 spiro atoms. The highest BCUT2D eigenvalue weighted by Gasteiger charge is 2.20. The minimum Gasteiger partial charge on any atom is -0.300 e. The van der Waals surface area contributed by atoms with Gasteiger partial charge in [-0.05, 0) is 43.7 Å². The number of ketones is 1. The van der Waals surface area contributed by atoms with Crippen molar-refractivity contribution < 1.29 is 4.79 Å². The maximum atomic E-state index is 11.7. The second-order valence-corrected chi connectivity index (χ2v) is 5.05. The molecule has 1 aliphatic carbocycles. The normalized spacial score (nSPS) is 21.9. The molecule has 0 aromatic heterocycles. The van der Waals surface area contributed by atoms with Gasteiger partial charge >= 0.3 is 0 Å². The summed E-state index contributed by atoms with van der Waals surface area (Å²) in [5, 5.41) is 0. The molecule has 1 heteroatoms. The monoisotopic (exact) mass is 216 g/mol. The Kier molecular flexibility index (Phi) is 3.42. The Labute approximate surface area is 97.9 Å². The molecule has 1 saturated carbocycles. The van der Waals surface area contributed by atoms with Gasteiger partial charge in [0.2, 0.25) is 0 Å². The first-order valence-electron chi connectivity index (χ1n) is 6.25. The van der Waals surface area contributed by atoms with Crippen LogP contribution >= 0.6 is 0 Å². The molecule has 0 bridgehead atoms. The number of carbonyl (C=O) groups excluding carboxylic acids is 1. The van der Waals surface area contributed by atoms with Crippen LogP contribution in [0.15, 0.2) is 18.2 Å². The summed E-state index contributed by atoms with van der Waals surface area (Å²) in [4.78, 5) is 11.7. The SMILES string of the molecule is Cc1ccc(C)c(C2CCCCC(=O)C2)c1. The van der Waals surface area contributed by atoms with E-state index in [4.69, 9.17) is 0 Å². The maximum absolute atomic E-state index is 11.7. The van der Waals surface area contributed by atoms with Crippen molar-refractivity contribution in [1.82, 2.24) is 0 Å². The molecule has 0 saturated heterocycles. The summed E-state index contributed by atoms with van der Waals surface area (Å²) in [7, 11) is 0. The number of Topliss-reactive ketones (excluding diaryl/α,β-unsaturated/α-hetero) is 1. The van der Waals surface area contributed by atoms with Crippen molar-refractivity contribution in [3.8, 4) is 0 Å². The molecule has 0 aliphatic heterocycles. The Balaban J connectivity index is 2.27. The number of hydrogen-bond donors (Lipinski definition) is 0. The summed E-state index contributed by atoms with van der Waals surface area (Å²) < 4.78 is 0. The maximum Gasteiger partial charge on any atom is 0.133 e. The average Bonchev–Trinajstić information content (AvgIpc) is 2.46. The van der Waals surface area contributed by atoms with Crippen molar-refractivity contribution in [3.63, 3.8) is 0 Å². The molecule has 2 rings (SSSR count). The number of rotatable bonds is 1. The van der Waals surface area contributed by atoms with E-state index >= 15 is 0 Å². The van der Waals surface area contributed by atoms with Crippen LogP contribution in [0.3, 0.4) is 0 Å². The van der Waals surface area contributed by atoms with E-state index in [1.807, 2.05) is 0 Å². The van der Waals surface area contributed by atoms with E-state index in [0.29, 0.717) is 11.7 Å². The highest BCUT2D eigenvalue weighted by molar-refractivity contribution is 5.79. The summed E-state index contributed by atoms with van der Waals surface area (Å²) in [6.07, 6.45) is 5.01. The van der Waals surface area contributed by atoms with Gasteiger partial charge in [-0.25, -0.2) is 0 Å². The van der Waals surface area contributed by atoms with Gasteiger partial charge in [-0.15, -0.1) is 0 Å². The van der Waals surface area contributed by atoms with E-state index in [1.165, 1.54) is 29.5 Å². The van der Waals surface area contributed by atoms with Crippen molar-refractivity contribution in [2.45, 2.75) is 51.9 Å². The second-order valence-electron chi connectivity index (χ2n) is 5.05. The zero-order chi connectivity index (χ0) is 11.5. The van der Waals surface area contributed by atoms with Gasteiger partial charge in [0.15, 0.2) is 0 Å². The number of hydrogen-bond acceptors (Lipinski definition) is 1. The molecule has 1 fully saturated rings. The van der Waals surface area contributed by atoms with Crippen molar-refractivity contribution in [3.05, 3.63) is 34.9 Å². The van der Waals surface area contributed by atoms with Gasteiger partial charge in [-0.1, -0.05) is 30.2 Å². The van der Waals surface area contributed by atoms with Crippen LogP contribution in [0.1, 0.15) is 54.7 Å². The summed E-state index contributed by atoms with van der Waals surface area (Å²) in [6.45, 7) is 4.28. The highest BCUT2D eigenvalue weighted by Crippen LogP contribution is 2.32. The molecule has 1 atom stereocenters. The zero-order valence-electron chi connectivity index (χ0n) is 10.3. The van der Waals surface area contributed by atoms with Crippen molar-refractivity contribution in [1.29, 1.82) is 0 Å². The predicted molar refractivity (Wildman–Crippen MR) is 66.7 cm³/mol. The van der Waals surface area contributed by atoms with Crippen molar-refractivity contribution in [2.24, 2.45) is 0 Å². The number of benzene rings is 1. The Morgan fingerprint density at radius 1 is 1.19 bits per heavy atom. The fourth-order valence-corrected chi connectivity index (χ4v) is 2.66. The zero-order valence-corrected chi connectivity index (χ0v) is 10.3. The number of aryl methyl sites for hydroxylation is 2. The molecule has 1 aromatic carbocycles. The molecule has 0 amide bonds. The first kappa shape index (κ1) is 11.4. The first-order chi connectivity index (χ1) is 7.66. The van der Waals surface area contributed by atoms with E-state index in [1.54, 1.807) is 0 Å². The molecule has 0 N–H and O–H groups in total. The minimum atomic E-state index is 0.448. The van der Waals surface area contributed by atoms with Crippen LogP contribution in [0.2, 0.25) is 0 Å². The lowest BCUT2D eigenvalue weighted by Crippen LogP contribution is -2.05. The fourth-order valence-electron chi connectivity index (χ4n) is 2.66. The summed E-state index contributed by atoms with van der Waals surface area (Å²) in [6, 6.07) is 6.59. The van der Waals surface area contributed by atoms with E-state index in [-0.39, 0.29) is 0 Å². The van der Waals surface area contributed by atoms with Crippen molar-refractivity contribution in [2.75, 3.05) is 0 Å². The topological polar surface area (TPSA) is 17.1 Å².